The Kier molecular flexibility index (Phi) is 5.85. The highest BCUT2D eigenvalue weighted by Crippen LogP contribution is 2.42. The number of hydrogen-bond acceptors (Lipinski definition) is 7. The van der Waals surface area contributed by atoms with Crippen LogP contribution in [0.25, 0.3) is 5.78 Å². The van der Waals surface area contributed by atoms with Gasteiger partial charge in [0, 0.05) is 25.2 Å². The summed E-state index contributed by atoms with van der Waals surface area (Å²) in [6, 6.07) is 0.643. The molecule has 5 rings (SSSR count). The fraction of sp³-hybridized carbons (Fsp3) is 0.545. The van der Waals surface area contributed by atoms with Crippen LogP contribution in [0.15, 0.2) is 23.1 Å². The zero-order valence-corrected chi connectivity index (χ0v) is 18.9. The van der Waals surface area contributed by atoms with E-state index >= 15 is 0 Å². The van der Waals surface area contributed by atoms with E-state index < -0.39 is 30.0 Å². The molecule has 2 aliphatic carbocycles. The summed E-state index contributed by atoms with van der Waals surface area (Å²) >= 11 is 0. The standard InChI is InChI=1S/C22H25F2N7O4/c1-11-16(30-35-29-11)19(32)27-18(13-4-7-22(23,24)8-5-13)15-10-31-9-6-14(25-20(31)26-15)17(12-2-3-12)28-21(33)34/h6,9-10,12-13,17-18,28H,2-5,7-8H2,1H3,(H,27,32)(H,33,34)/t17?,18-/m0/s1. The molecule has 0 saturated heterocycles. The fourth-order valence-corrected chi connectivity index (χ4v) is 4.70. The molecule has 2 fully saturated rings. The number of amides is 2. The Balaban J connectivity index is 1.45. The van der Waals surface area contributed by atoms with Crippen LogP contribution in [0.5, 0.6) is 0 Å². The fourth-order valence-electron chi connectivity index (χ4n) is 4.70. The minimum atomic E-state index is -2.72. The summed E-state index contributed by atoms with van der Waals surface area (Å²) in [5.74, 6) is -3.00. The van der Waals surface area contributed by atoms with Crippen molar-refractivity contribution in [2.45, 2.75) is 63.5 Å². The lowest BCUT2D eigenvalue weighted by molar-refractivity contribution is -0.0495. The third kappa shape index (κ3) is 4.93. The van der Waals surface area contributed by atoms with Crippen LogP contribution in [-0.4, -0.2) is 47.7 Å². The lowest BCUT2D eigenvalue weighted by Gasteiger charge is -2.33. The molecule has 3 aromatic heterocycles. The van der Waals surface area contributed by atoms with Gasteiger partial charge < -0.3 is 15.7 Å². The second kappa shape index (κ2) is 8.86. The first-order valence-electron chi connectivity index (χ1n) is 11.5. The van der Waals surface area contributed by atoms with Gasteiger partial charge in [0.15, 0.2) is 5.69 Å². The Hall–Kier alpha value is -3.64. The van der Waals surface area contributed by atoms with Crippen molar-refractivity contribution < 1.29 is 28.1 Å². The van der Waals surface area contributed by atoms with Crippen molar-refractivity contribution in [3.63, 3.8) is 0 Å². The van der Waals surface area contributed by atoms with Crippen LogP contribution in [0, 0.1) is 18.8 Å². The van der Waals surface area contributed by atoms with Gasteiger partial charge in [-0.25, -0.2) is 28.2 Å². The second-order valence-electron chi connectivity index (χ2n) is 9.33. The zero-order valence-electron chi connectivity index (χ0n) is 18.9. The number of alkyl halides is 2. The van der Waals surface area contributed by atoms with Gasteiger partial charge in [-0.05, 0) is 55.7 Å². The quantitative estimate of drug-likeness (QED) is 0.457. The van der Waals surface area contributed by atoms with E-state index in [1.165, 1.54) is 0 Å². The number of carbonyl (C=O) groups is 2. The largest absolute Gasteiger partial charge is 0.465 e. The number of aryl methyl sites for hydroxylation is 1. The van der Waals surface area contributed by atoms with Crippen molar-refractivity contribution in [2.75, 3.05) is 0 Å². The molecule has 0 bridgehead atoms. The molecule has 2 atom stereocenters. The molecule has 2 saturated carbocycles. The van der Waals surface area contributed by atoms with Gasteiger partial charge in [0.2, 0.25) is 11.7 Å². The highest BCUT2D eigenvalue weighted by atomic mass is 19.3. The van der Waals surface area contributed by atoms with Crippen LogP contribution in [0.1, 0.15) is 78.2 Å². The molecule has 35 heavy (non-hydrogen) atoms. The van der Waals surface area contributed by atoms with E-state index in [1.807, 2.05) is 0 Å². The number of nitrogens with one attached hydrogen (secondary N) is 2. The van der Waals surface area contributed by atoms with Crippen LogP contribution < -0.4 is 10.6 Å². The van der Waals surface area contributed by atoms with Crippen molar-refractivity contribution >= 4 is 17.8 Å². The van der Waals surface area contributed by atoms with Crippen molar-refractivity contribution in [2.24, 2.45) is 11.8 Å². The molecule has 2 amide bonds. The molecule has 1 unspecified atom stereocenters. The minimum Gasteiger partial charge on any atom is -0.465 e. The van der Waals surface area contributed by atoms with E-state index in [2.05, 4.69) is 35.5 Å². The highest BCUT2D eigenvalue weighted by Gasteiger charge is 2.40. The predicted molar refractivity (Wildman–Crippen MR) is 116 cm³/mol. The summed E-state index contributed by atoms with van der Waals surface area (Å²) in [6.45, 7) is 1.58. The lowest BCUT2D eigenvalue weighted by Crippen LogP contribution is -2.37. The van der Waals surface area contributed by atoms with Crippen molar-refractivity contribution in [1.82, 2.24) is 35.3 Å². The summed E-state index contributed by atoms with van der Waals surface area (Å²) in [5.41, 5.74) is 1.37. The first kappa shape index (κ1) is 23.1. The van der Waals surface area contributed by atoms with Gasteiger partial charge in [0.05, 0.1) is 23.5 Å². The number of aromatic nitrogens is 5. The molecule has 0 aliphatic heterocycles. The number of rotatable bonds is 7. The smallest absolute Gasteiger partial charge is 0.405 e. The normalized spacial score (nSPS) is 19.9. The Bertz CT molecular complexity index is 1250. The number of halogens is 2. The van der Waals surface area contributed by atoms with Crippen LogP contribution in [0.2, 0.25) is 0 Å². The zero-order chi connectivity index (χ0) is 24.7. The maximum absolute atomic E-state index is 13.8. The molecule has 13 heteroatoms. The van der Waals surface area contributed by atoms with Crippen molar-refractivity contribution in [3.8, 4) is 0 Å². The van der Waals surface area contributed by atoms with E-state index in [1.54, 1.807) is 29.8 Å². The van der Waals surface area contributed by atoms with Crippen LogP contribution in [-0.2, 0) is 0 Å². The lowest BCUT2D eigenvalue weighted by atomic mass is 9.81. The molecule has 0 spiro atoms. The first-order valence-corrected chi connectivity index (χ1v) is 11.5. The van der Waals surface area contributed by atoms with Gasteiger partial charge in [-0.3, -0.25) is 9.20 Å². The van der Waals surface area contributed by atoms with E-state index in [-0.39, 0.29) is 43.2 Å². The predicted octanol–water partition coefficient (Wildman–Crippen LogP) is 3.44. The molecule has 0 radical (unpaired) electrons. The molecule has 2 aliphatic rings. The number of hydrogen-bond donors (Lipinski definition) is 3. The number of carboxylic acid groups (broad SMARTS) is 1. The Labute approximate surface area is 198 Å². The monoisotopic (exact) mass is 489 g/mol. The number of imidazole rings is 1. The molecule has 0 aromatic carbocycles. The third-order valence-electron chi connectivity index (χ3n) is 6.76. The SMILES string of the molecule is Cc1nonc1C(=O)N[C@H](c1cn2ccc(C(NC(=O)O)C3CC3)nc2n1)C1CCC(F)(F)CC1. The molecule has 186 valence electrons. The van der Waals surface area contributed by atoms with Crippen LogP contribution in [0.4, 0.5) is 13.6 Å². The summed E-state index contributed by atoms with van der Waals surface area (Å²) in [5, 5.41) is 21.9. The van der Waals surface area contributed by atoms with Crippen LogP contribution >= 0.6 is 0 Å². The van der Waals surface area contributed by atoms with Gasteiger partial charge in [-0.1, -0.05) is 5.16 Å². The number of nitrogens with zero attached hydrogens (tertiary/aromatic N) is 5. The summed E-state index contributed by atoms with van der Waals surface area (Å²) < 4.78 is 34.0. The summed E-state index contributed by atoms with van der Waals surface area (Å²) in [7, 11) is 0. The van der Waals surface area contributed by atoms with Gasteiger partial charge >= 0.3 is 6.09 Å². The Morgan fingerprint density at radius 2 is 1.74 bits per heavy atom. The highest BCUT2D eigenvalue weighted by molar-refractivity contribution is 5.93. The van der Waals surface area contributed by atoms with E-state index in [0.29, 0.717) is 22.9 Å². The molecule has 3 aromatic rings. The van der Waals surface area contributed by atoms with Gasteiger partial charge in [0.1, 0.15) is 5.69 Å². The molecule has 3 heterocycles. The molecule has 11 nitrogen and oxygen atoms in total. The Morgan fingerprint density at radius 1 is 1.09 bits per heavy atom. The second-order valence-corrected chi connectivity index (χ2v) is 9.33. The maximum atomic E-state index is 13.8. The molecular formula is C22H25F2N7O4. The topological polar surface area (TPSA) is 148 Å². The maximum Gasteiger partial charge on any atom is 0.405 e. The third-order valence-corrected chi connectivity index (χ3v) is 6.76. The summed E-state index contributed by atoms with van der Waals surface area (Å²) in [4.78, 5) is 33.3. The van der Waals surface area contributed by atoms with E-state index in [9.17, 15) is 23.5 Å². The van der Waals surface area contributed by atoms with Gasteiger partial charge in [-0.2, -0.15) is 0 Å². The van der Waals surface area contributed by atoms with Gasteiger partial charge in [0.25, 0.3) is 5.91 Å². The molecular weight excluding hydrogens is 464 g/mol. The van der Waals surface area contributed by atoms with Crippen LogP contribution in [0.3, 0.4) is 0 Å². The number of fused-ring (bicyclic) bond motifs is 1. The van der Waals surface area contributed by atoms with E-state index in [4.69, 9.17) is 0 Å². The number of carbonyl (C=O) groups excluding carboxylic acids is 1. The van der Waals surface area contributed by atoms with Gasteiger partial charge in [-0.15, -0.1) is 0 Å². The molecule has 3 N–H and O–H groups in total. The first-order chi connectivity index (χ1) is 16.7. The van der Waals surface area contributed by atoms with Crippen molar-refractivity contribution in [3.05, 3.63) is 41.2 Å². The minimum absolute atomic E-state index is 0.0207. The van der Waals surface area contributed by atoms with E-state index in [0.717, 1.165) is 12.8 Å². The average Bonchev–Trinajstić information content (AvgIpc) is 3.41. The average molecular weight is 489 g/mol. The summed E-state index contributed by atoms with van der Waals surface area (Å²) in [6.07, 6.45) is 4.02. The van der Waals surface area contributed by atoms with Crippen molar-refractivity contribution in [1.29, 1.82) is 0 Å². The Morgan fingerprint density at radius 3 is 2.37 bits per heavy atom.